The Kier molecular flexibility index (Phi) is 4.05. The van der Waals surface area contributed by atoms with E-state index in [0.717, 1.165) is 22.8 Å². The summed E-state index contributed by atoms with van der Waals surface area (Å²) in [6.45, 7) is 7.22. The van der Waals surface area contributed by atoms with E-state index in [9.17, 15) is 5.11 Å². The highest BCUT2D eigenvalue weighted by atomic mass is 16.5. The number of ether oxygens (including phenoxy) is 1. The summed E-state index contributed by atoms with van der Waals surface area (Å²) in [5.74, 6) is 0.650. The van der Waals surface area contributed by atoms with Gasteiger partial charge in [0.15, 0.2) is 0 Å². The molecule has 102 valence electrons. The summed E-state index contributed by atoms with van der Waals surface area (Å²) in [7, 11) is 0. The van der Waals surface area contributed by atoms with Crippen molar-refractivity contribution in [1.29, 1.82) is 0 Å². The second-order valence-corrected chi connectivity index (χ2v) is 5.95. The summed E-state index contributed by atoms with van der Waals surface area (Å²) in [5.41, 5.74) is 1.08. The largest absolute Gasteiger partial charge is 0.477 e. The van der Waals surface area contributed by atoms with E-state index in [4.69, 9.17) is 4.74 Å². The van der Waals surface area contributed by atoms with E-state index in [-0.39, 0.29) is 12.0 Å². The van der Waals surface area contributed by atoms with Crippen molar-refractivity contribution in [3.8, 4) is 5.88 Å². The van der Waals surface area contributed by atoms with Crippen LogP contribution in [0.25, 0.3) is 10.8 Å². The number of fused-ring (bicyclic) bond motifs is 1. The summed E-state index contributed by atoms with van der Waals surface area (Å²) in [6, 6.07) is 7.88. The number of benzene rings is 1. The summed E-state index contributed by atoms with van der Waals surface area (Å²) in [4.78, 5) is 4.32. The zero-order valence-electron chi connectivity index (χ0n) is 11.8. The molecule has 1 N–H and O–H groups in total. The van der Waals surface area contributed by atoms with Crippen LogP contribution in [0, 0.1) is 5.41 Å². The molecule has 0 saturated heterocycles. The fraction of sp³-hybridized carbons (Fsp3) is 0.438. The Balaban J connectivity index is 2.24. The van der Waals surface area contributed by atoms with Crippen LogP contribution in [0.2, 0.25) is 0 Å². The predicted molar refractivity (Wildman–Crippen MR) is 77.2 cm³/mol. The first-order valence-corrected chi connectivity index (χ1v) is 6.61. The molecule has 0 saturated carbocycles. The fourth-order valence-corrected chi connectivity index (χ4v) is 1.92. The van der Waals surface area contributed by atoms with Gasteiger partial charge in [0.25, 0.3) is 0 Å². The van der Waals surface area contributed by atoms with Crippen molar-refractivity contribution in [2.45, 2.75) is 33.8 Å². The topological polar surface area (TPSA) is 42.4 Å². The maximum Gasteiger partial charge on any atom is 0.221 e. The van der Waals surface area contributed by atoms with Gasteiger partial charge < -0.3 is 9.84 Å². The minimum atomic E-state index is -0.00418. The van der Waals surface area contributed by atoms with Gasteiger partial charge in [-0.1, -0.05) is 39.0 Å². The third-order valence-corrected chi connectivity index (χ3v) is 3.10. The quantitative estimate of drug-likeness (QED) is 0.913. The number of hydrogen-bond acceptors (Lipinski definition) is 3. The lowest BCUT2D eigenvalue weighted by Crippen LogP contribution is -2.11. The molecule has 19 heavy (non-hydrogen) atoms. The first-order valence-electron chi connectivity index (χ1n) is 6.61. The Morgan fingerprint density at radius 3 is 2.47 bits per heavy atom. The van der Waals surface area contributed by atoms with E-state index in [2.05, 4.69) is 25.8 Å². The zero-order chi connectivity index (χ0) is 13.9. The second-order valence-electron chi connectivity index (χ2n) is 5.95. The highest BCUT2D eigenvalue weighted by Crippen LogP contribution is 2.27. The van der Waals surface area contributed by atoms with Crippen molar-refractivity contribution in [2.75, 3.05) is 6.61 Å². The molecule has 3 heteroatoms. The normalized spacial score (nSPS) is 11.8. The predicted octanol–water partition coefficient (Wildman–Crippen LogP) is 3.54. The van der Waals surface area contributed by atoms with Crippen LogP contribution in [0.5, 0.6) is 5.88 Å². The van der Waals surface area contributed by atoms with Crippen molar-refractivity contribution in [3.63, 3.8) is 0 Å². The van der Waals surface area contributed by atoms with Gasteiger partial charge in [-0.2, -0.15) is 0 Å². The smallest absolute Gasteiger partial charge is 0.221 e. The Hall–Kier alpha value is -1.61. The monoisotopic (exact) mass is 259 g/mol. The molecule has 0 aliphatic carbocycles. The van der Waals surface area contributed by atoms with Gasteiger partial charge in [-0.25, -0.2) is 4.98 Å². The van der Waals surface area contributed by atoms with Gasteiger partial charge in [-0.3, -0.25) is 0 Å². The van der Waals surface area contributed by atoms with Crippen LogP contribution < -0.4 is 4.74 Å². The molecule has 0 fully saturated rings. The Morgan fingerprint density at radius 2 is 1.84 bits per heavy atom. The first kappa shape index (κ1) is 13.8. The standard InChI is InChI=1S/C16H21NO2/c1-16(2,3)8-9-19-15-14-7-5-4-6-13(14)12(11-18)10-17-15/h4-7,10,18H,8-9,11H2,1-3H3. The number of hydrogen-bond donors (Lipinski definition) is 1. The number of aliphatic hydroxyl groups is 1. The third-order valence-electron chi connectivity index (χ3n) is 3.10. The van der Waals surface area contributed by atoms with Gasteiger partial charge in [0.2, 0.25) is 5.88 Å². The lowest BCUT2D eigenvalue weighted by molar-refractivity contribution is 0.238. The molecule has 1 aromatic heterocycles. The van der Waals surface area contributed by atoms with Gasteiger partial charge in [0, 0.05) is 17.1 Å². The lowest BCUT2D eigenvalue weighted by Gasteiger charge is -2.18. The molecule has 0 bridgehead atoms. The summed E-state index contributed by atoms with van der Waals surface area (Å²) in [5, 5.41) is 11.3. The number of pyridine rings is 1. The van der Waals surface area contributed by atoms with E-state index >= 15 is 0 Å². The van der Waals surface area contributed by atoms with Crippen LogP contribution >= 0.6 is 0 Å². The summed E-state index contributed by atoms with van der Waals surface area (Å²) >= 11 is 0. The fourth-order valence-electron chi connectivity index (χ4n) is 1.92. The Labute approximate surface area is 114 Å². The molecular formula is C16H21NO2. The maximum atomic E-state index is 9.33. The first-order chi connectivity index (χ1) is 9.01. The van der Waals surface area contributed by atoms with Gasteiger partial charge in [0.05, 0.1) is 13.2 Å². The molecule has 2 aromatic rings. The van der Waals surface area contributed by atoms with Crippen molar-refractivity contribution < 1.29 is 9.84 Å². The average molecular weight is 259 g/mol. The van der Waals surface area contributed by atoms with E-state index in [0.29, 0.717) is 12.5 Å². The number of nitrogens with zero attached hydrogens (tertiary/aromatic N) is 1. The van der Waals surface area contributed by atoms with E-state index in [1.807, 2.05) is 24.3 Å². The molecule has 1 aromatic carbocycles. The van der Waals surface area contributed by atoms with Gasteiger partial charge >= 0.3 is 0 Å². The van der Waals surface area contributed by atoms with Crippen LogP contribution in [0.1, 0.15) is 32.8 Å². The van der Waals surface area contributed by atoms with Crippen molar-refractivity contribution in [3.05, 3.63) is 36.0 Å². The third kappa shape index (κ3) is 3.44. The Bertz CT molecular complexity index is 558. The minimum Gasteiger partial charge on any atom is -0.477 e. The summed E-state index contributed by atoms with van der Waals surface area (Å²) in [6.07, 6.45) is 2.67. The number of aromatic nitrogens is 1. The molecular weight excluding hydrogens is 238 g/mol. The Morgan fingerprint density at radius 1 is 1.16 bits per heavy atom. The highest BCUT2D eigenvalue weighted by molar-refractivity contribution is 5.89. The van der Waals surface area contributed by atoms with Crippen LogP contribution in [0.4, 0.5) is 0 Å². The molecule has 0 radical (unpaired) electrons. The van der Waals surface area contributed by atoms with Crippen molar-refractivity contribution in [1.82, 2.24) is 4.98 Å². The van der Waals surface area contributed by atoms with Gasteiger partial charge in [-0.15, -0.1) is 0 Å². The van der Waals surface area contributed by atoms with Gasteiger partial charge in [0.1, 0.15) is 0 Å². The van der Waals surface area contributed by atoms with Crippen molar-refractivity contribution >= 4 is 10.8 Å². The molecule has 0 amide bonds. The molecule has 2 rings (SSSR count). The van der Waals surface area contributed by atoms with Crippen LogP contribution in [0.3, 0.4) is 0 Å². The lowest BCUT2D eigenvalue weighted by atomic mass is 9.93. The van der Waals surface area contributed by atoms with Crippen molar-refractivity contribution in [2.24, 2.45) is 5.41 Å². The minimum absolute atomic E-state index is 0.00418. The van der Waals surface area contributed by atoms with E-state index < -0.39 is 0 Å². The van der Waals surface area contributed by atoms with Crippen LogP contribution in [-0.2, 0) is 6.61 Å². The SMILES string of the molecule is CC(C)(C)CCOc1ncc(CO)c2ccccc12. The molecule has 1 heterocycles. The molecule has 0 aliphatic rings. The summed E-state index contributed by atoms with van der Waals surface area (Å²) < 4.78 is 5.80. The molecule has 0 spiro atoms. The number of aliphatic hydroxyl groups excluding tert-OH is 1. The molecule has 0 atom stereocenters. The second kappa shape index (κ2) is 5.57. The molecule has 0 aliphatic heterocycles. The van der Waals surface area contributed by atoms with Crippen LogP contribution in [0.15, 0.2) is 30.5 Å². The molecule has 0 unspecified atom stereocenters. The van der Waals surface area contributed by atoms with E-state index in [1.54, 1.807) is 6.20 Å². The van der Waals surface area contributed by atoms with Crippen LogP contribution in [-0.4, -0.2) is 16.7 Å². The highest BCUT2D eigenvalue weighted by Gasteiger charge is 2.12. The number of rotatable bonds is 4. The van der Waals surface area contributed by atoms with Gasteiger partial charge in [-0.05, 0) is 23.3 Å². The van der Waals surface area contributed by atoms with E-state index in [1.165, 1.54) is 0 Å². The maximum absolute atomic E-state index is 9.33. The molecule has 3 nitrogen and oxygen atoms in total. The average Bonchev–Trinajstić information content (AvgIpc) is 2.37. The zero-order valence-corrected chi connectivity index (χ0v) is 11.8.